The van der Waals surface area contributed by atoms with Crippen LogP contribution in [0.2, 0.25) is 0 Å². The van der Waals surface area contributed by atoms with Gasteiger partial charge in [-0.15, -0.1) is 0 Å². The highest BCUT2D eigenvalue weighted by Crippen LogP contribution is 2.46. The van der Waals surface area contributed by atoms with E-state index in [0.29, 0.717) is 5.92 Å². The Kier molecular flexibility index (Phi) is 4.87. The third kappa shape index (κ3) is 3.44. The predicted octanol–water partition coefficient (Wildman–Crippen LogP) is 2.69. The van der Waals surface area contributed by atoms with E-state index < -0.39 is 0 Å². The van der Waals surface area contributed by atoms with Gasteiger partial charge in [-0.1, -0.05) is 37.5 Å². The minimum atomic E-state index is -0.347. The van der Waals surface area contributed by atoms with Gasteiger partial charge in [0.1, 0.15) is 6.04 Å². The van der Waals surface area contributed by atoms with Crippen LogP contribution in [-0.2, 0) is 15.0 Å². The Bertz CT molecular complexity index is 720. The molecule has 27 heavy (non-hydrogen) atoms. The first-order valence-corrected chi connectivity index (χ1v) is 10.3. The number of nitrogens with zero attached hydrogens (tertiary/aromatic N) is 2. The number of likely N-dealkylation sites (N-methyl/N-ethyl adjacent to an activating group) is 1. The second-order valence-corrected chi connectivity index (χ2v) is 8.76. The van der Waals surface area contributed by atoms with Crippen molar-refractivity contribution in [1.29, 1.82) is 0 Å². The number of fused-ring (bicyclic) bond motifs is 2. The lowest BCUT2D eigenvalue weighted by molar-refractivity contribution is -0.138. The van der Waals surface area contributed by atoms with Crippen LogP contribution in [0.5, 0.6) is 0 Å². The molecule has 1 aromatic carbocycles. The van der Waals surface area contributed by atoms with Crippen molar-refractivity contribution in [3.63, 3.8) is 0 Å². The maximum absolute atomic E-state index is 13.1. The monoisotopic (exact) mass is 369 g/mol. The molecule has 1 N–H and O–H groups in total. The molecule has 2 fully saturated rings. The van der Waals surface area contributed by atoms with Gasteiger partial charge in [-0.05, 0) is 36.8 Å². The smallest absolute Gasteiger partial charge is 0.245 e. The normalized spacial score (nSPS) is 22.3. The van der Waals surface area contributed by atoms with Crippen molar-refractivity contribution in [3.8, 4) is 0 Å². The summed E-state index contributed by atoms with van der Waals surface area (Å²) in [6.45, 7) is 4.10. The molecule has 1 aromatic rings. The van der Waals surface area contributed by atoms with Crippen LogP contribution in [-0.4, -0.2) is 49.4 Å². The number of hydrogen-bond acceptors (Lipinski definition) is 3. The topological polar surface area (TPSA) is 52.7 Å². The third-order valence-corrected chi connectivity index (χ3v) is 6.93. The Morgan fingerprint density at radius 1 is 1.22 bits per heavy atom. The van der Waals surface area contributed by atoms with Crippen LogP contribution in [0.3, 0.4) is 0 Å². The fraction of sp³-hybridized carbons (Fsp3) is 0.636. The van der Waals surface area contributed by atoms with Gasteiger partial charge in [-0.3, -0.25) is 9.59 Å². The Hall–Kier alpha value is -2.04. The van der Waals surface area contributed by atoms with Crippen LogP contribution in [0.1, 0.15) is 51.0 Å². The number of nitrogens with one attached hydrogen (secondary N) is 1. The fourth-order valence-electron chi connectivity index (χ4n) is 5.21. The van der Waals surface area contributed by atoms with Crippen LogP contribution in [0.4, 0.5) is 5.69 Å². The van der Waals surface area contributed by atoms with E-state index in [9.17, 15) is 9.59 Å². The molecule has 1 saturated carbocycles. The molecule has 5 nitrogen and oxygen atoms in total. The Morgan fingerprint density at radius 2 is 1.93 bits per heavy atom. The zero-order chi connectivity index (χ0) is 19.0. The van der Waals surface area contributed by atoms with Crippen LogP contribution in [0, 0.1) is 5.92 Å². The molecule has 146 valence electrons. The summed E-state index contributed by atoms with van der Waals surface area (Å²) in [4.78, 5) is 29.1. The molecule has 1 saturated heterocycles. The number of anilines is 1. The number of carbonyl (C=O) groups excluding carboxylic acids is 2. The largest absolute Gasteiger partial charge is 0.373 e. The average molecular weight is 370 g/mol. The minimum Gasteiger partial charge on any atom is -0.373 e. The molecule has 1 spiro atoms. The summed E-state index contributed by atoms with van der Waals surface area (Å²) in [5.74, 6) is 0.608. The molecule has 2 aliphatic heterocycles. The van der Waals surface area contributed by atoms with E-state index in [-0.39, 0.29) is 23.3 Å². The third-order valence-electron chi connectivity index (χ3n) is 6.93. The highest BCUT2D eigenvalue weighted by atomic mass is 16.2. The minimum absolute atomic E-state index is 0.104. The van der Waals surface area contributed by atoms with Crippen molar-refractivity contribution in [3.05, 3.63) is 29.8 Å². The molecule has 0 unspecified atom stereocenters. The number of likely N-dealkylation sites (tertiary alicyclic amines) is 1. The molecule has 4 rings (SSSR count). The number of hydrogen-bond donors (Lipinski definition) is 1. The summed E-state index contributed by atoms with van der Waals surface area (Å²) in [7, 11) is 2.16. The van der Waals surface area contributed by atoms with Gasteiger partial charge in [0, 0.05) is 44.7 Å². The van der Waals surface area contributed by atoms with Crippen molar-refractivity contribution >= 4 is 17.5 Å². The van der Waals surface area contributed by atoms with Gasteiger partial charge in [0.25, 0.3) is 0 Å². The van der Waals surface area contributed by atoms with E-state index in [2.05, 4.69) is 41.5 Å². The molecule has 1 atom stereocenters. The van der Waals surface area contributed by atoms with Gasteiger partial charge in [0.2, 0.25) is 11.8 Å². The average Bonchev–Trinajstić information content (AvgIpc) is 2.89. The van der Waals surface area contributed by atoms with Crippen LogP contribution in [0.15, 0.2) is 24.3 Å². The Balaban J connectivity index is 1.43. The number of benzene rings is 1. The van der Waals surface area contributed by atoms with Crippen LogP contribution < -0.4 is 10.2 Å². The first kappa shape index (κ1) is 18.3. The fourth-order valence-corrected chi connectivity index (χ4v) is 5.21. The molecule has 1 aliphatic carbocycles. The first-order valence-electron chi connectivity index (χ1n) is 10.3. The van der Waals surface area contributed by atoms with Gasteiger partial charge in [-0.25, -0.2) is 0 Å². The molecular weight excluding hydrogens is 338 g/mol. The van der Waals surface area contributed by atoms with E-state index in [1.807, 2.05) is 4.90 Å². The van der Waals surface area contributed by atoms with Crippen molar-refractivity contribution in [2.75, 3.05) is 31.6 Å². The zero-order valence-corrected chi connectivity index (χ0v) is 16.5. The number of piperidine rings is 1. The van der Waals surface area contributed by atoms with Crippen molar-refractivity contribution in [2.24, 2.45) is 5.92 Å². The quantitative estimate of drug-likeness (QED) is 0.888. The lowest BCUT2D eigenvalue weighted by atomic mass is 9.74. The van der Waals surface area contributed by atoms with Crippen LogP contribution >= 0.6 is 0 Å². The Morgan fingerprint density at radius 3 is 2.56 bits per heavy atom. The summed E-state index contributed by atoms with van der Waals surface area (Å²) in [5, 5.41) is 2.92. The molecular formula is C22H31N3O2. The van der Waals surface area contributed by atoms with E-state index in [1.165, 1.54) is 37.4 Å². The summed E-state index contributed by atoms with van der Waals surface area (Å²) >= 11 is 0. The lowest BCUT2D eigenvalue weighted by Gasteiger charge is -2.41. The number of rotatable bonds is 4. The van der Waals surface area contributed by atoms with E-state index in [4.69, 9.17) is 0 Å². The van der Waals surface area contributed by atoms with Crippen molar-refractivity contribution < 1.29 is 9.59 Å². The molecule has 3 aliphatic rings. The van der Waals surface area contributed by atoms with Gasteiger partial charge in [0.15, 0.2) is 0 Å². The maximum Gasteiger partial charge on any atom is 0.245 e. The summed E-state index contributed by atoms with van der Waals surface area (Å²) in [6.07, 6.45) is 6.42. The number of carbonyl (C=O) groups is 2. The van der Waals surface area contributed by atoms with E-state index in [1.54, 1.807) is 0 Å². The lowest BCUT2D eigenvalue weighted by Crippen LogP contribution is -2.53. The van der Waals surface area contributed by atoms with Gasteiger partial charge < -0.3 is 15.1 Å². The van der Waals surface area contributed by atoms with Gasteiger partial charge >= 0.3 is 0 Å². The van der Waals surface area contributed by atoms with Gasteiger partial charge in [-0.2, -0.15) is 0 Å². The molecule has 0 bridgehead atoms. The molecule has 5 heteroatoms. The first-order chi connectivity index (χ1) is 13.0. The Labute approximate surface area is 162 Å². The van der Waals surface area contributed by atoms with E-state index >= 15 is 0 Å². The second-order valence-electron chi connectivity index (χ2n) is 8.76. The van der Waals surface area contributed by atoms with Crippen LogP contribution in [0.25, 0.3) is 0 Å². The SMILES string of the molecule is CC(=O)N[C@H](CC1CCC1)C(=O)N1CCC2(CC1)CN(C)c1ccccc12. The molecule has 2 amide bonds. The van der Waals surface area contributed by atoms with Crippen molar-refractivity contribution in [2.45, 2.75) is 56.9 Å². The summed E-state index contributed by atoms with van der Waals surface area (Å²) in [6, 6.07) is 8.34. The molecule has 2 heterocycles. The number of amides is 2. The summed E-state index contributed by atoms with van der Waals surface area (Å²) in [5.41, 5.74) is 2.94. The molecule has 0 radical (unpaired) electrons. The van der Waals surface area contributed by atoms with Gasteiger partial charge in [0.05, 0.1) is 0 Å². The summed E-state index contributed by atoms with van der Waals surface area (Å²) < 4.78 is 0. The standard InChI is InChI=1S/C22H31N3O2/c1-16(26)23-19(14-17-6-5-7-17)21(27)25-12-10-22(11-13-25)15-24(2)20-9-4-3-8-18(20)22/h3-4,8-9,17,19H,5-7,10-15H2,1-2H3,(H,23,26)/t19-/m1/s1. The highest BCUT2D eigenvalue weighted by molar-refractivity contribution is 5.87. The highest BCUT2D eigenvalue weighted by Gasteiger charge is 2.44. The molecule has 0 aromatic heterocycles. The second kappa shape index (κ2) is 7.17. The predicted molar refractivity (Wildman–Crippen MR) is 107 cm³/mol. The van der Waals surface area contributed by atoms with E-state index in [0.717, 1.165) is 38.9 Å². The maximum atomic E-state index is 13.1. The van der Waals surface area contributed by atoms with Crippen molar-refractivity contribution in [1.82, 2.24) is 10.2 Å². The zero-order valence-electron chi connectivity index (χ0n) is 16.5. The number of para-hydroxylation sites is 1.